The van der Waals surface area contributed by atoms with Crippen LogP contribution in [-0.4, -0.2) is 25.8 Å². The average Bonchev–Trinajstić information content (AvgIpc) is 2.75. The number of halogens is 2. The molecule has 0 bridgehead atoms. The number of benzene rings is 3. The molecule has 3 rings (SSSR count). The topological polar surface area (TPSA) is 37.4 Å². The van der Waals surface area contributed by atoms with Gasteiger partial charge in [0.05, 0.1) is 18.0 Å². The summed E-state index contributed by atoms with van der Waals surface area (Å²) < 4.78 is 27.6. The third kappa shape index (κ3) is 6.62. The average molecular weight is 468 g/mol. The molecule has 0 aliphatic rings. The van der Waals surface area contributed by atoms with Crippen LogP contribution in [0.3, 0.4) is 0 Å². The van der Waals surface area contributed by atoms with Crippen LogP contribution in [-0.2, 0) is 10.0 Å². The molecule has 0 saturated heterocycles. The number of hydrogen-bond donors (Lipinski definition) is 0. The van der Waals surface area contributed by atoms with Crippen molar-refractivity contribution in [3.8, 4) is 23.7 Å². The molecule has 156 valence electrons. The second kappa shape index (κ2) is 10.5. The van der Waals surface area contributed by atoms with Crippen molar-refractivity contribution < 1.29 is 8.42 Å². The third-order valence-corrected chi connectivity index (χ3v) is 6.63. The van der Waals surface area contributed by atoms with Crippen molar-refractivity contribution >= 4 is 33.2 Å². The summed E-state index contributed by atoms with van der Waals surface area (Å²) >= 11 is 11.8. The summed E-state index contributed by atoms with van der Waals surface area (Å²) in [5.41, 5.74) is 2.49. The zero-order valence-electron chi connectivity index (χ0n) is 16.8. The molecule has 3 aromatic carbocycles. The van der Waals surface area contributed by atoms with Gasteiger partial charge in [0.25, 0.3) is 0 Å². The number of hydrogen-bond acceptors (Lipinski definition) is 2. The summed E-state index contributed by atoms with van der Waals surface area (Å²) in [7, 11) is -3.75. The molecule has 6 heteroatoms. The molecule has 0 aromatic heterocycles. The highest BCUT2D eigenvalue weighted by Gasteiger charge is 2.22. The van der Waals surface area contributed by atoms with Gasteiger partial charge in [0.1, 0.15) is 0 Å². The van der Waals surface area contributed by atoms with E-state index in [9.17, 15) is 8.42 Å². The lowest BCUT2D eigenvalue weighted by Crippen LogP contribution is -2.32. The molecule has 3 nitrogen and oxygen atoms in total. The van der Waals surface area contributed by atoms with Crippen LogP contribution in [0.1, 0.15) is 16.7 Å². The third-order valence-electron chi connectivity index (χ3n) is 4.32. The lowest BCUT2D eigenvalue weighted by Gasteiger charge is -2.17. The van der Waals surface area contributed by atoms with Gasteiger partial charge < -0.3 is 0 Å². The van der Waals surface area contributed by atoms with Gasteiger partial charge in [-0.05, 0) is 67.6 Å². The van der Waals surface area contributed by atoms with Crippen molar-refractivity contribution in [2.75, 3.05) is 13.1 Å². The van der Waals surface area contributed by atoms with Gasteiger partial charge in [-0.25, -0.2) is 8.42 Å². The molecule has 0 atom stereocenters. The first-order valence-corrected chi connectivity index (χ1v) is 11.6. The Morgan fingerprint density at radius 3 is 1.55 bits per heavy atom. The van der Waals surface area contributed by atoms with Crippen molar-refractivity contribution in [1.82, 2.24) is 4.31 Å². The molecular formula is C25H19Cl2NO2S. The van der Waals surface area contributed by atoms with E-state index in [0.29, 0.717) is 10.0 Å². The summed E-state index contributed by atoms with van der Waals surface area (Å²) in [6, 6.07) is 20.8. The van der Waals surface area contributed by atoms with E-state index in [4.69, 9.17) is 23.2 Å². The van der Waals surface area contributed by atoms with Crippen LogP contribution in [0.2, 0.25) is 10.0 Å². The SMILES string of the molecule is Cc1ccc(S(=O)(=O)N(CC#Cc2ccc(Cl)cc2)CC#Cc2ccc(Cl)cc2)cc1. The highest BCUT2D eigenvalue weighted by molar-refractivity contribution is 7.89. The zero-order valence-corrected chi connectivity index (χ0v) is 19.1. The lowest BCUT2D eigenvalue weighted by atomic mass is 10.2. The molecule has 0 aliphatic carbocycles. The van der Waals surface area contributed by atoms with Crippen LogP contribution in [0.5, 0.6) is 0 Å². The Balaban J connectivity index is 1.85. The van der Waals surface area contributed by atoms with Crippen molar-refractivity contribution in [3.63, 3.8) is 0 Å². The minimum Gasteiger partial charge on any atom is -0.207 e. The van der Waals surface area contributed by atoms with Crippen molar-refractivity contribution in [1.29, 1.82) is 0 Å². The van der Waals surface area contributed by atoms with Crippen LogP contribution in [0.4, 0.5) is 0 Å². The molecule has 0 unspecified atom stereocenters. The van der Waals surface area contributed by atoms with E-state index < -0.39 is 10.0 Å². The summed E-state index contributed by atoms with van der Waals surface area (Å²) in [4.78, 5) is 0.208. The molecule has 31 heavy (non-hydrogen) atoms. The molecule has 0 aliphatic heterocycles. The summed E-state index contributed by atoms with van der Waals surface area (Å²) in [5.74, 6) is 11.8. The van der Waals surface area contributed by atoms with E-state index in [2.05, 4.69) is 23.7 Å². The molecule has 0 N–H and O–H groups in total. The monoisotopic (exact) mass is 467 g/mol. The van der Waals surface area contributed by atoms with Crippen molar-refractivity contribution in [2.24, 2.45) is 0 Å². The maximum Gasteiger partial charge on any atom is 0.244 e. The predicted octanol–water partition coefficient (Wildman–Crippen LogP) is 5.40. The Hall–Kier alpha value is -2.73. The van der Waals surface area contributed by atoms with E-state index in [1.807, 2.05) is 6.92 Å². The standard InChI is InChI=1S/C25H19Cl2NO2S/c1-20-6-16-25(17-7-20)31(29,30)28(18-2-4-21-8-12-23(26)13-9-21)19-3-5-22-10-14-24(27)15-11-22/h6-17H,18-19H2,1H3. The van der Waals surface area contributed by atoms with Gasteiger partial charge >= 0.3 is 0 Å². The fourth-order valence-corrected chi connectivity index (χ4v) is 4.11. The summed E-state index contributed by atoms with van der Waals surface area (Å²) in [5, 5.41) is 1.23. The number of rotatable bonds is 4. The van der Waals surface area contributed by atoms with Crippen LogP contribution < -0.4 is 0 Å². The van der Waals surface area contributed by atoms with Gasteiger partial charge in [0.2, 0.25) is 10.0 Å². The Kier molecular flexibility index (Phi) is 7.80. The fourth-order valence-electron chi connectivity index (χ4n) is 2.61. The normalized spacial score (nSPS) is 10.7. The van der Waals surface area contributed by atoms with Gasteiger partial charge in [-0.2, -0.15) is 4.31 Å². The molecule has 0 radical (unpaired) electrons. The van der Waals surface area contributed by atoms with Gasteiger partial charge in [-0.3, -0.25) is 0 Å². The van der Waals surface area contributed by atoms with E-state index in [1.54, 1.807) is 72.8 Å². The zero-order chi connectivity index (χ0) is 22.3. The lowest BCUT2D eigenvalue weighted by molar-refractivity contribution is 0.482. The van der Waals surface area contributed by atoms with Crippen LogP contribution in [0.25, 0.3) is 0 Å². The van der Waals surface area contributed by atoms with Crippen molar-refractivity contribution in [2.45, 2.75) is 11.8 Å². The van der Waals surface area contributed by atoms with Crippen LogP contribution in [0.15, 0.2) is 77.7 Å². The predicted molar refractivity (Wildman–Crippen MR) is 127 cm³/mol. The summed E-state index contributed by atoms with van der Waals surface area (Å²) in [6.45, 7) is 1.92. The smallest absolute Gasteiger partial charge is 0.207 e. The van der Waals surface area contributed by atoms with Crippen LogP contribution >= 0.6 is 23.2 Å². The molecule has 3 aromatic rings. The number of sulfonamides is 1. The van der Waals surface area contributed by atoms with Gasteiger partial charge in [0, 0.05) is 21.2 Å². The fraction of sp³-hybridized carbons (Fsp3) is 0.120. The second-order valence-electron chi connectivity index (χ2n) is 6.70. The first kappa shape index (κ1) is 22.9. The molecule has 0 saturated carbocycles. The first-order valence-electron chi connectivity index (χ1n) is 9.40. The molecule has 0 amide bonds. The van der Waals surface area contributed by atoms with E-state index in [1.165, 1.54) is 4.31 Å². The maximum absolute atomic E-state index is 13.2. The van der Waals surface area contributed by atoms with E-state index >= 15 is 0 Å². The Morgan fingerprint density at radius 1 is 0.710 bits per heavy atom. The van der Waals surface area contributed by atoms with E-state index in [-0.39, 0.29) is 18.0 Å². The van der Waals surface area contributed by atoms with E-state index in [0.717, 1.165) is 16.7 Å². The minimum absolute atomic E-state index is 0.00807. The Morgan fingerprint density at radius 2 is 1.13 bits per heavy atom. The van der Waals surface area contributed by atoms with Crippen LogP contribution in [0, 0.1) is 30.6 Å². The largest absolute Gasteiger partial charge is 0.244 e. The highest BCUT2D eigenvalue weighted by atomic mass is 35.5. The molecule has 0 heterocycles. The number of nitrogens with zero attached hydrogens (tertiary/aromatic N) is 1. The molecule has 0 spiro atoms. The van der Waals surface area contributed by atoms with Crippen molar-refractivity contribution in [3.05, 3.63) is 99.5 Å². The highest BCUT2D eigenvalue weighted by Crippen LogP contribution is 2.16. The van der Waals surface area contributed by atoms with Gasteiger partial charge in [0.15, 0.2) is 0 Å². The quantitative estimate of drug-likeness (QED) is 0.481. The number of aryl methyl sites for hydroxylation is 1. The van der Waals surface area contributed by atoms with Gasteiger partial charge in [-0.1, -0.05) is 64.6 Å². The first-order chi connectivity index (χ1) is 14.8. The Bertz CT molecular complexity index is 1190. The maximum atomic E-state index is 13.2. The molecule has 0 fully saturated rings. The minimum atomic E-state index is -3.75. The molecular weight excluding hydrogens is 449 g/mol. The second-order valence-corrected chi connectivity index (χ2v) is 9.51. The van der Waals surface area contributed by atoms with Gasteiger partial charge in [-0.15, -0.1) is 0 Å². The Labute approximate surface area is 193 Å². The summed E-state index contributed by atoms with van der Waals surface area (Å²) in [6.07, 6.45) is 0.